The van der Waals surface area contributed by atoms with Gasteiger partial charge in [0, 0.05) is 11.9 Å². The lowest BCUT2D eigenvalue weighted by molar-refractivity contribution is 0.621. The summed E-state index contributed by atoms with van der Waals surface area (Å²) >= 11 is 8.11. The Kier molecular flexibility index (Phi) is 4.11. The van der Waals surface area contributed by atoms with Gasteiger partial charge in [-0.25, -0.2) is 9.37 Å². The Labute approximate surface area is 124 Å². The van der Waals surface area contributed by atoms with Crippen molar-refractivity contribution in [3.05, 3.63) is 51.9 Å². The van der Waals surface area contributed by atoms with Crippen LogP contribution in [0.4, 0.5) is 15.9 Å². The highest BCUT2D eigenvalue weighted by Crippen LogP contribution is 2.27. The lowest BCUT2D eigenvalue weighted by atomic mass is 10.2. The summed E-state index contributed by atoms with van der Waals surface area (Å²) < 4.78 is 14.0. The number of nitrogens with one attached hydrogen (secondary N) is 1. The number of benzene rings is 1. The van der Waals surface area contributed by atoms with Crippen LogP contribution in [0, 0.1) is 12.7 Å². The molecule has 0 saturated heterocycles. The summed E-state index contributed by atoms with van der Waals surface area (Å²) in [6.07, 6.45) is 1.62. The fraction of sp³-hybridized carbons (Fsp3) is 0.0769. The van der Waals surface area contributed by atoms with E-state index in [2.05, 4.69) is 26.2 Å². The Morgan fingerprint density at radius 2 is 2.21 bits per heavy atom. The highest BCUT2D eigenvalue weighted by molar-refractivity contribution is 9.10. The van der Waals surface area contributed by atoms with Crippen molar-refractivity contribution in [3.63, 3.8) is 0 Å². The molecule has 3 N–H and O–H groups in total. The highest BCUT2D eigenvalue weighted by Gasteiger charge is 2.10. The Balaban J connectivity index is 2.42. The van der Waals surface area contributed by atoms with Crippen LogP contribution in [0.1, 0.15) is 11.1 Å². The van der Waals surface area contributed by atoms with Crippen LogP contribution in [0.25, 0.3) is 0 Å². The molecular formula is C13H11BrFN3S. The molecule has 1 heterocycles. The second-order valence-electron chi connectivity index (χ2n) is 3.97. The van der Waals surface area contributed by atoms with E-state index >= 15 is 0 Å². The van der Waals surface area contributed by atoms with Crippen molar-refractivity contribution in [1.29, 1.82) is 0 Å². The van der Waals surface area contributed by atoms with E-state index in [-0.39, 0.29) is 10.8 Å². The van der Waals surface area contributed by atoms with Crippen molar-refractivity contribution in [2.24, 2.45) is 5.73 Å². The average molecular weight is 340 g/mol. The minimum absolute atomic E-state index is 0.242. The van der Waals surface area contributed by atoms with Gasteiger partial charge in [-0.1, -0.05) is 12.2 Å². The molecule has 0 fully saturated rings. The molecule has 0 saturated carbocycles. The molecule has 3 nitrogen and oxygen atoms in total. The van der Waals surface area contributed by atoms with Crippen molar-refractivity contribution in [1.82, 2.24) is 4.98 Å². The van der Waals surface area contributed by atoms with Gasteiger partial charge in [-0.2, -0.15) is 0 Å². The fourth-order valence-electron chi connectivity index (χ4n) is 1.61. The van der Waals surface area contributed by atoms with E-state index in [1.54, 1.807) is 24.4 Å². The Morgan fingerprint density at radius 1 is 1.47 bits per heavy atom. The van der Waals surface area contributed by atoms with Crippen LogP contribution in [0.2, 0.25) is 0 Å². The molecule has 19 heavy (non-hydrogen) atoms. The minimum atomic E-state index is -0.346. The third-order valence-corrected chi connectivity index (χ3v) is 3.42. The monoisotopic (exact) mass is 339 g/mol. The summed E-state index contributed by atoms with van der Waals surface area (Å²) in [5.74, 6) is 0.167. The molecule has 1 aromatic heterocycles. The number of nitrogens with zero attached hydrogens (tertiary/aromatic N) is 1. The highest BCUT2D eigenvalue weighted by atomic mass is 79.9. The van der Waals surface area contributed by atoms with Crippen molar-refractivity contribution in [2.45, 2.75) is 6.92 Å². The van der Waals surface area contributed by atoms with Gasteiger partial charge < -0.3 is 11.1 Å². The smallest absolute Gasteiger partial charge is 0.140 e. The Hall–Kier alpha value is -1.53. The van der Waals surface area contributed by atoms with E-state index in [9.17, 15) is 4.39 Å². The number of pyridine rings is 1. The molecule has 98 valence electrons. The molecule has 0 unspecified atom stereocenters. The molecule has 0 amide bonds. The number of hydrogen-bond donors (Lipinski definition) is 2. The van der Waals surface area contributed by atoms with Gasteiger partial charge in [-0.15, -0.1) is 0 Å². The molecule has 2 aromatic rings. The maximum atomic E-state index is 13.6. The SMILES string of the molecule is Cc1cc(Br)c(F)cc1Nc1ncccc1C(N)=S. The predicted octanol–water partition coefficient (Wildman–Crippen LogP) is 3.67. The molecule has 6 heteroatoms. The standard InChI is InChI=1S/C13H11BrFN3S/c1-7-5-9(14)10(15)6-11(7)18-13-8(12(16)19)3-2-4-17-13/h2-6H,1H3,(H2,16,19)(H,17,18). The van der Waals surface area contributed by atoms with Crippen molar-refractivity contribution in [2.75, 3.05) is 5.32 Å². The van der Waals surface area contributed by atoms with Crippen LogP contribution in [0.15, 0.2) is 34.9 Å². The third kappa shape index (κ3) is 3.08. The number of anilines is 2. The first-order valence-electron chi connectivity index (χ1n) is 5.46. The van der Waals surface area contributed by atoms with Gasteiger partial charge in [0.2, 0.25) is 0 Å². The zero-order chi connectivity index (χ0) is 14.0. The Bertz CT molecular complexity index is 646. The van der Waals surface area contributed by atoms with Crippen molar-refractivity contribution >= 4 is 44.6 Å². The first-order chi connectivity index (χ1) is 8.99. The number of rotatable bonds is 3. The minimum Gasteiger partial charge on any atom is -0.389 e. The van der Waals surface area contributed by atoms with E-state index < -0.39 is 0 Å². The van der Waals surface area contributed by atoms with Gasteiger partial charge >= 0.3 is 0 Å². The molecule has 0 spiro atoms. The molecular weight excluding hydrogens is 329 g/mol. The molecule has 0 aliphatic carbocycles. The van der Waals surface area contributed by atoms with E-state index in [0.717, 1.165) is 5.56 Å². The van der Waals surface area contributed by atoms with Crippen LogP contribution >= 0.6 is 28.1 Å². The normalized spacial score (nSPS) is 10.3. The third-order valence-electron chi connectivity index (χ3n) is 2.59. The van der Waals surface area contributed by atoms with Crippen LogP contribution in [-0.4, -0.2) is 9.97 Å². The molecule has 0 bridgehead atoms. The van der Waals surface area contributed by atoms with Gasteiger partial charge in [0.1, 0.15) is 16.6 Å². The zero-order valence-corrected chi connectivity index (χ0v) is 12.5. The summed E-state index contributed by atoms with van der Waals surface area (Å²) in [7, 11) is 0. The number of aromatic nitrogens is 1. The van der Waals surface area contributed by atoms with Gasteiger partial charge in [0.15, 0.2) is 0 Å². The van der Waals surface area contributed by atoms with Crippen LogP contribution in [0.3, 0.4) is 0 Å². The summed E-state index contributed by atoms with van der Waals surface area (Å²) in [5, 5.41) is 3.05. The quantitative estimate of drug-likeness (QED) is 0.837. The summed E-state index contributed by atoms with van der Waals surface area (Å²) in [4.78, 5) is 4.42. The van der Waals surface area contributed by atoms with Crippen LogP contribution in [-0.2, 0) is 0 Å². The van der Waals surface area contributed by atoms with E-state index in [4.69, 9.17) is 18.0 Å². The predicted molar refractivity (Wildman–Crippen MR) is 82.2 cm³/mol. The number of aryl methyl sites for hydroxylation is 1. The number of nitrogens with two attached hydrogens (primary N) is 1. The van der Waals surface area contributed by atoms with Gasteiger partial charge in [0.25, 0.3) is 0 Å². The van der Waals surface area contributed by atoms with Crippen LogP contribution in [0.5, 0.6) is 0 Å². The largest absolute Gasteiger partial charge is 0.389 e. The Morgan fingerprint density at radius 3 is 2.89 bits per heavy atom. The van der Waals surface area contributed by atoms with Crippen LogP contribution < -0.4 is 11.1 Å². The average Bonchev–Trinajstić information content (AvgIpc) is 2.36. The second-order valence-corrected chi connectivity index (χ2v) is 5.26. The lowest BCUT2D eigenvalue weighted by Crippen LogP contribution is -2.13. The number of hydrogen-bond acceptors (Lipinski definition) is 3. The van der Waals surface area contributed by atoms with E-state index in [0.29, 0.717) is 21.5 Å². The molecule has 2 rings (SSSR count). The van der Waals surface area contributed by atoms with Gasteiger partial charge in [0.05, 0.1) is 10.0 Å². The molecule has 0 aliphatic heterocycles. The van der Waals surface area contributed by atoms with Crippen molar-refractivity contribution < 1.29 is 4.39 Å². The molecule has 1 aromatic carbocycles. The summed E-state index contributed by atoms with van der Waals surface area (Å²) in [5.41, 5.74) is 7.76. The van der Waals surface area contributed by atoms with E-state index in [1.807, 2.05) is 6.92 Å². The first-order valence-corrected chi connectivity index (χ1v) is 6.66. The summed E-state index contributed by atoms with van der Waals surface area (Å²) in [6.45, 7) is 1.87. The van der Waals surface area contributed by atoms with E-state index in [1.165, 1.54) is 6.07 Å². The maximum Gasteiger partial charge on any atom is 0.140 e. The maximum absolute atomic E-state index is 13.6. The first kappa shape index (κ1) is 13.9. The van der Waals surface area contributed by atoms with Crippen molar-refractivity contribution in [3.8, 4) is 0 Å². The number of thiocarbonyl (C=S) groups is 1. The second kappa shape index (κ2) is 5.63. The molecule has 0 radical (unpaired) electrons. The van der Waals surface area contributed by atoms with Gasteiger partial charge in [-0.3, -0.25) is 0 Å². The van der Waals surface area contributed by atoms with Gasteiger partial charge in [-0.05, 0) is 52.7 Å². The fourth-order valence-corrected chi connectivity index (χ4v) is 2.23. The lowest BCUT2D eigenvalue weighted by Gasteiger charge is -2.12. The zero-order valence-electron chi connectivity index (χ0n) is 10.1. The summed E-state index contributed by atoms with van der Waals surface area (Å²) in [6, 6.07) is 6.61. The molecule has 0 atom stereocenters. The molecule has 0 aliphatic rings. The number of halogens is 2. The topological polar surface area (TPSA) is 50.9 Å².